The van der Waals surface area contributed by atoms with Gasteiger partial charge < -0.3 is 8.97 Å². The number of nitrogens with zero attached hydrogens (tertiary/aromatic N) is 3. The average molecular weight is 740 g/mol. The van der Waals surface area contributed by atoms with Gasteiger partial charge in [-0.05, 0) is 83.0 Å². The minimum atomic E-state index is 0.348. The Bertz CT molecular complexity index is 3640. The largest absolute Gasteiger partial charge is 0.309 e. The lowest BCUT2D eigenvalue weighted by molar-refractivity contribution is 0.688. The molecule has 0 amide bonds. The maximum Gasteiger partial charge on any atom is 0.0749 e. The van der Waals surface area contributed by atoms with Crippen LogP contribution in [0.2, 0.25) is 0 Å². The van der Waals surface area contributed by atoms with Gasteiger partial charge in [0.1, 0.15) is 0 Å². The molecule has 8 aromatic carbocycles. The van der Waals surface area contributed by atoms with Gasteiger partial charge in [-0.25, -0.2) is 0 Å². The van der Waals surface area contributed by atoms with Gasteiger partial charge in [0, 0.05) is 60.6 Å². The molecule has 0 N–H and O–H groups in total. The lowest BCUT2D eigenvalue weighted by Crippen LogP contribution is -2.14. The summed E-state index contributed by atoms with van der Waals surface area (Å²) in [6.45, 7) is 0. The maximum absolute atomic E-state index is 5.55. The standard InChI is InChI=1S/C55H37N3/c1-4-18-39-34(13-1)16-11-23-43(39)53-40(22-12-17-37-15-3-8-24-47(37)56-53)36-27-30-38(31-28-36)57-49-26-10-7-21-44(49)51-50(57)33-46-42-20-6-9-25-48(42)58-54-41-19-5-2-14-35(41)29-32-45(54)52(51)55(46)58/h1-11,13-16,18-21,23-33,37H,12,17,22H2/b53-40+,56-47?. The van der Waals surface area contributed by atoms with Crippen LogP contribution < -0.4 is 0 Å². The predicted octanol–water partition coefficient (Wildman–Crippen LogP) is 14.5. The van der Waals surface area contributed by atoms with Crippen LogP contribution in [-0.4, -0.2) is 14.7 Å². The van der Waals surface area contributed by atoms with E-state index in [1.54, 1.807) is 0 Å². The number of benzene rings is 8. The van der Waals surface area contributed by atoms with Crippen LogP contribution in [0.3, 0.4) is 0 Å². The van der Waals surface area contributed by atoms with E-state index in [1.165, 1.54) is 98.1 Å². The first-order chi connectivity index (χ1) is 28.8. The van der Waals surface area contributed by atoms with Gasteiger partial charge in [0.15, 0.2) is 0 Å². The van der Waals surface area contributed by atoms with Gasteiger partial charge in [-0.1, -0.05) is 146 Å². The smallest absolute Gasteiger partial charge is 0.0749 e. The Morgan fingerprint density at radius 2 is 1.24 bits per heavy atom. The molecule has 11 aromatic rings. The Kier molecular flexibility index (Phi) is 6.68. The van der Waals surface area contributed by atoms with Crippen molar-refractivity contribution in [1.82, 2.24) is 8.97 Å². The minimum absolute atomic E-state index is 0.348. The number of para-hydroxylation sites is 2. The predicted molar refractivity (Wildman–Crippen MR) is 247 cm³/mol. The second kappa shape index (κ2) is 12.1. The van der Waals surface area contributed by atoms with Crippen LogP contribution in [0.5, 0.6) is 0 Å². The van der Waals surface area contributed by atoms with Crippen LogP contribution in [0.4, 0.5) is 0 Å². The maximum atomic E-state index is 5.55. The lowest BCUT2D eigenvalue weighted by Gasteiger charge is -2.23. The lowest BCUT2D eigenvalue weighted by atomic mass is 9.86. The van der Waals surface area contributed by atoms with E-state index in [2.05, 4.69) is 191 Å². The highest BCUT2D eigenvalue weighted by atomic mass is 15.0. The van der Waals surface area contributed by atoms with Crippen molar-refractivity contribution in [1.29, 1.82) is 0 Å². The molecule has 1 aliphatic carbocycles. The van der Waals surface area contributed by atoms with Crippen molar-refractivity contribution in [3.8, 4) is 5.69 Å². The number of rotatable bonds is 3. The van der Waals surface area contributed by atoms with E-state index in [4.69, 9.17) is 4.99 Å². The summed E-state index contributed by atoms with van der Waals surface area (Å²) >= 11 is 0. The molecule has 0 saturated carbocycles. The number of fused-ring (bicyclic) bond motifs is 14. The van der Waals surface area contributed by atoms with Gasteiger partial charge in [0.25, 0.3) is 0 Å². The molecule has 0 bridgehead atoms. The summed E-state index contributed by atoms with van der Waals surface area (Å²) in [4.78, 5) is 5.55. The number of aliphatic imine (C=N–C) groups is 1. The molecule has 2 aliphatic rings. The summed E-state index contributed by atoms with van der Waals surface area (Å²) in [6.07, 6.45) is 12.0. The van der Waals surface area contributed by atoms with E-state index in [-0.39, 0.29) is 0 Å². The molecule has 1 unspecified atom stereocenters. The molecular formula is C55H37N3. The second-order valence-electron chi connectivity index (χ2n) is 16.1. The zero-order valence-electron chi connectivity index (χ0n) is 31.9. The Hall–Kier alpha value is -7.23. The van der Waals surface area contributed by atoms with Gasteiger partial charge in [-0.3, -0.25) is 4.99 Å². The number of allylic oxidation sites excluding steroid dienone is 5. The highest BCUT2D eigenvalue weighted by molar-refractivity contribution is 6.37. The summed E-state index contributed by atoms with van der Waals surface area (Å²) in [7, 11) is 0. The molecule has 0 saturated heterocycles. The van der Waals surface area contributed by atoms with Crippen molar-refractivity contribution >= 4 is 98.4 Å². The van der Waals surface area contributed by atoms with Crippen molar-refractivity contribution in [2.45, 2.75) is 19.3 Å². The topological polar surface area (TPSA) is 21.7 Å². The summed E-state index contributed by atoms with van der Waals surface area (Å²) in [5, 5.41) is 12.8. The van der Waals surface area contributed by atoms with Crippen LogP contribution in [0, 0.1) is 5.92 Å². The summed E-state index contributed by atoms with van der Waals surface area (Å²) < 4.78 is 5.04. The zero-order chi connectivity index (χ0) is 37.9. The summed E-state index contributed by atoms with van der Waals surface area (Å²) in [5.74, 6) is 0.348. The number of hydrogen-bond donors (Lipinski definition) is 0. The molecule has 3 heteroatoms. The van der Waals surface area contributed by atoms with Crippen molar-refractivity contribution in [2.24, 2.45) is 10.9 Å². The fourth-order valence-corrected chi connectivity index (χ4v) is 10.5. The first-order valence-corrected chi connectivity index (χ1v) is 20.6. The molecule has 1 aliphatic heterocycles. The van der Waals surface area contributed by atoms with Crippen LogP contribution in [0.1, 0.15) is 30.4 Å². The van der Waals surface area contributed by atoms with Crippen molar-refractivity contribution in [3.63, 3.8) is 0 Å². The molecule has 58 heavy (non-hydrogen) atoms. The highest BCUT2D eigenvalue weighted by Gasteiger charge is 2.26. The quantitative estimate of drug-likeness (QED) is 0.172. The normalized spacial score (nSPS) is 17.4. The van der Waals surface area contributed by atoms with E-state index in [0.29, 0.717) is 5.92 Å². The van der Waals surface area contributed by atoms with Gasteiger partial charge in [-0.2, -0.15) is 0 Å². The van der Waals surface area contributed by atoms with E-state index >= 15 is 0 Å². The van der Waals surface area contributed by atoms with E-state index in [9.17, 15) is 0 Å². The van der Waals surface area contributed by atoms with Crippen LogP contribution in [0.15, 0.2) is 187 Å². The van der Waals surface area contributed by atoms with Crippen molar-refractivity contribution < 1.29 is 0 Å². The Labute approximate surface area is 335 Å². The number of hydrogen-bond acceptors (Lipinski definition) is 1. The molecule has 0 spiro atoms. The molecular weight excluding hydrogens is 703 g/mol. The molecule has 0 radical (unpaired) electrons. The first kappa shape index (κ1) is 31.9. The molecule has 0 fully saturated rings. The van der Waals surface area contributed by atoms with E-state index in [1.807, 2.05) is 0 Å². The third kappa shape index (κ3) is 4.41. The third-order valence-corrected chi connectivity index (χ3v) is 13.1. The van der Waals surface area contributed by atoms with E-state index < -0.39 is 0 Å². The van der Waals surface area contributed by atoms with Gasteiger partial charge >= 0.3 is 0 Å². The molecule has 4 heterocycles. The first-order valence-electron chi connectivity index (χ1n) is 20.6. The van der Waals surface area contributed by atoms with Crippen LogP contribution in [-0.2, 0) is 0 Å². The molecule has 1 atom stereocenters. The average Bonchev–Trinajstić information content (AvgIpc) is 3.91. The summed E-state index contributed by atoms with van der Waals surface area (Å²) in [5.41, 5.74) is 13.4. The number of aromatic nitrogens is 2. The molecule has 13 rings (SSSR count). The van der Waals surface area contributed by atoms with Crippen molar-refractivity contribution in [2.75, 3.05) is 0 Å². The van der Waals surface area contributed by atoms with Gasteiger partial charge in [0.05, 0.1) is 33.3 Å². The van der Waals surface area contributed by atoms with E-state index in [0.717, 1.165) is 36.4 Å². The Morgan fingerprint density at radius 3 is 2.10 bits per heavy atom. The van der Waals surface area contributed by atoms with Crippen LogP contribution in [0.25, 0.3) is 98.4 Å². The Morgan fingerprint density at radius 1 is 0.517 bits per heavy atom. The summed E-state index contributed by atoms with van der Waals surface area (Å²) in [6, 6.07) is 58.6. The van der Waals surface area contributed by atoms with Gasteiger partial charge in [-0.15, -0.1) is 0 Å². The fourth-order valence-electron chi connectivity index (χ4n) is 10.5. The van der Waals surface area contributed by atoms with Crippen LogP contribution >= 0.6 is 0 Å². The fraction of sp³-hybridized carbons (Fsp3) is 0.0727. The monoisotopic (exact) mass is 739 g/mol. The molecule has 3 nitrogen and oxygen atoms in total. The SMILES string of the molecule is C1=CC2=N/C(c3cccc4ccccc34)=C(/c3ccc(-n4c5ccccc5c5c6c7ccc8ccccc8c7n7c8ccccc8c(cc54)c67)cc3)CCCC2C=C1. The third-order valence-electron chi connectivity index (χ3n) is 13.1. The highest BCUT2D eigenvalue weighted by Crippen LogP contribution is 2.48. The molecule has 3 aromatic heterocycles. The zero-order valence-corrected chi connectivity index (χ0v) is 31.9. The van der Waals surface area contributed by atoms with Gasteiger partial charge in [0.2, 0.25) is 0 Å². The van der Waals surface area contributed by atoms with Crippen molar-refractivity contribution in [3.05, 3.63) is 193 Å². The molecule has 272 valence electrons. The second-order valence-corrected chi connectivity index (χ2v) is 16.1. The minimum Gasteiger partial charge on any atom is -0.309 e. The Balaban J connectivity index is 1.08.